The fraction of sp³-hybridized carbons (Fsp3) is 0.278. The quantitative estimate of drug-likeness (QED) is 0.653. The number of nitrogens with one attached hydrogen (secondary N) is 2. The van der Waals surface area contributed by atoms with Crippen molar-refractivity contribution in [2.45, 2.75) is 11.3 Å². The van der Waals surface area contributed by atoms with Crippen molar-refractivity contribution in [2.24, 2.45) is 0 Å². The molecule has 2 aromatic carbocycles. The predicted octanol–water partition coefficient (Wildman–Crippen LogP) is 2.26. The van der Waals surface area contributed by atoms with Crippen molar-refractivity contribution in [2.75, 3.05) is 32.1 Å². The van der Waals surface area contributed by atoms with Crippen molar-refractivity contribution in [3.63, 3.8) is 0 Å². The maximum atomic E-state index is 12.4. The molecule has 0 aromatic heterocycles. The van der Waals surface area contributed by atoms with Crippen LogP contribution in [0.15, 0.2) is 53.4 Å². The number of anilines is 1. The molecule has 140 valence electrons. The summed E-state index contributed by atoms with van der Waals surface area (Å²) in [4.78, 5) is 12.1. The highest BCUT2D eigenvalue weighted by atomic mass is 32.2. The fourth-order valence-electron chi connectivity index (χ4n) is 2.18. The molecule has 0 aliphatic carbocycles. The number of sulfonamides is 1. The molecule has 26 heavy (non-hydrogen) atoms. The van der Waals surface area contributed by atoms with Gasteiger partial charge in [-0.25, -0.2) is 8.42 Å². The van der Waals surface area contributed by atoms with Crippen LogP contribution in [0.5, 0.6) is 5.75 Å². The van der Waals surface area contributed by atoms with Crippen LogP contribution in [0.1, 0.15) is 16.8 Å². The Labute approximate surface area is 153 Å². The summed E-state index contributed by atoms with van der Waals surface area (Å²) < 4.78 is 37.2. The number of rotatable bonds is 9. The van der Waals surface area contributed by atoms with Gasteiger partial charge in [-0.2, -0.15) is 0 Å². The standard InChI is InChI=1S/C18H22N2O5S/c1-24-13-3-12-19-18(21)14-4-6-15(7-5-14)20-26(22,23)17-10-8-16(25-2)9-11-17/h4-11,20H,3,12-13H2,1-2H3,(H,19,21). The van der Waals surface area contributed by atoms with E-state index in [4.69, 9.17) is 9.47 Å². The van der Waals surface area contributed by atoms with Gasteiger partial charge in [0.25, 0.3) is 15.9 Å². The average Bonchev–Trinajstić information content (AvgIpc) is 2.65. The van der Waals surface area contributed by atoms with E-state index < -0.39 is 10.0 Å². The van der Waals surface area contributed by atoms with Crippen molar-refractivity contribution < 1.29 is 22.7 Å². The average molecular weight is 378 g/mol. The van der Waals surface area contributed by atoms with Gasteiger partial charge in [0.15, 0.2) is 0 Å². The molecule has 8 heteroatoms. The number of amides is 1. The zero-order chi connectivity index (χ0) is 19.0. The Hall–Kier alpha value is -2.58. The molecular formula is C18H22N2O5S. The molecule has 0 aliphatic rings. The van der Waals surface area contributed by atoms with Gasteiger partial charge in [0, 0.05) is 31.5 Å². The summed E-state index contributed by atoms with van der Waals surface area (Å²) in [5.41, 5.74) is 0.826. The lowest BCUT2D eigenvalue weighted by Gasteiger charge is -2.10. The van der Waals surface area contributed by atoms with E-state index in [0.717, 1.165) is 6.42 Å². The third-order valence-electron chi connectivity index (χ3n) is 3.58. The summed E-state index contributed by atoms with van der Waals surface area (Å²) in [5, 5.41) is 2.77. The number of hydrogen-bond acceptors (Lipinski definition) is 5. The van der Waals surface area contributed by atoms with E-state index in [-0.39, 0.29) is 10.8 Å². The van der Waals surface area contributed by atoms with Crippen molar-refractivity contribution in [3.05, 3.63) is 54.1 Å². The van der Waals surface area contributed by atoms with Gasteiger partial charge in [0.05, 0.1) is 12.0 Å². The van der Waals surface area contributed by atoms with E-state index in [1.807, 2.05) is 0 Å². The summed E-state index contributed by atoms with van der Waals surface area (Å²) in [6, 6.07) is 12.3. The molecule has 0 bridgehead atoms. The Bertz CT molecular complexity index is 818. The summed E-state index contributed by atoms with van der Waals surface area (Å²) in [7, 11) is -0.596. The van der Waals surface area contributed by atoms with Crippen molar-refractivity contribution in [3.8, 4) is 5.75 Å². The highest BCUT2D eigenvalue weighted by molar-refractivity contribution is 7.92. The number of methoxy groups -OCH3 is 2. The lowest BCUT2D eigenvalue weighted by Crippen LogP contribution is -2.25. The van der Waals surface area contributed by atoms with E-state index in [0.29, 0.717) is 30.2 Å². The van der Waals surface area contributed by atoms with Crippen LogP contribution < -0.4 is 14.8 Å². The number of ether oxygens (including phenoxy) is 2. The largest absolute Gasteiger partial charge is 0.497 e. The van der Waals surface area contributed by atoms with Crippen LogP contribution in [-0.2, 0) is 14.8 Å². The highest BCUT2D eigenvalue weighted by Crippen LogP contribution is 2.19. The van der Waals surface area contributed by atoms with Crippen molar-refractivity contribution in [1.82, 2.24) is 5.32 Å². The van der Waals surface area contributed by atoms with Gasteiger partial charge in [0.2, 0.25) is 0 Å². The zero-order valence-corrected chi connectivity index (χ0v) is 15.5. The normalized spacial score (nSPS) is 11.0. The van der Waals surface area contributed by atoms with Crippen LogP contribution in [0.4, 0.5) is 5.69 Å². The molecule has 0 aliphatic heterocycles. The zero-order valence-electron chi connectivity index (χ0n) is 14.7. The Morgan fingerprint density at radius 3 is 2.23 bits per heavy atom. The van der Waals surface area contributed by atoms with Gasteiger partial charge in [-0.15, -0.1) is 0 Å². The van der Waals surface area contributed by atoms with E-state index in [2.05, 4.69) is 10.0 Å². The predicted molar refractivity (Wildman–Crippen MR) is 99.1 cm³/mol. The second-order valence-electron chi connectivity index (χ2n) is 5.46. The van der Waals surface area contributed by atoms with Crippen LogP contribution in [-0.4, -0.2) is 41.7 Å². The lowest BCUT2D eigenvalue weighted by molar-refractivity contribution is 0.0948. The van der Waals surface area contributed by atoms with E-state index in [1.165, 1.54) is 19.2 Å². The second-order valence-corrected chi connectivity index (χ2v) is 7.14. The minimum atomic E-state index is -3.71. The van der Waals surface area contributed by atoms with Gasteiger partial charge in [-0.3, -0.25) is 9.52 Å². The van der Waals surface area contributed by atoms with Crippen LogP contribution in [0.25, 0.3) is 0 Å². The Morgan fingerprint density at radius 2 is 1.65 bits per heavy atom. The van der Waals surface area contributed by atoms with Crippen LogP contribution in [0, 0.1) is 0 Å². The molecule has 0 unspecified atom stereocenters. The summed E-state index contributed by atoms with van der Waals surface area (Å²) >= 11 is 0. The molecule has 0 saturated heterocycles. The molecule has 0 atom stereocenters. The minimum absolute atomic E-state index is 0.123. The number of carbonyl (C=O) groups is 1. The summed E-state index contributed by atoms with van der Waals surface area (Å²) in [6.45, 7) is 1.09. The molecule has 2 rings (SSSR count). The van der Waals surface area contributed by atoms with Gasteiger partial charge in [-0.1, -0.05) is 0 Å². The molecule has 0 spiro atoms. The van der Waals surface area contributed by atoms with Crippen molar-refractivity contribution >= 4 is 21.6 Å². The van der Waals surface area contributed by atoms with E-state index in [9.17, 15) is 13.2 Å². The first-order valence-corrected chi connectivity index (χ1v) is 9.48. The minimum Gasteiger partial charge on any atom is -0.497 e. The monoisotopic (exact) mass is 378 g/mol. The Kier molecular flexibility index (Phi) is 6.99. The molecule has 2 N–H and O–H groups in total. The number of hydrogen-bond donors (Lipinski definition) is 2. The van der Waals surface area contributed by atoms with Gasteiger partial charge >= 0.3 is 0 Å². The van der Waals surface area contributed by atoms with E-state index in [1.54, 1.807) is 43.5 Å². The summed E-state index contributed by atoms with van der Waals surface area (Å²) in [6.07, 6.45) is 0.724. The van der Waals surface area contributed by atoms with Gasteiger partial charge in [0.1, 0.15) is 5.75 Å². The number of carbonyl (C=O) groups excluding carboxylic acids is 1. The third kappa shape index (κ3) is 5.47. The lowest BCUT2D eigenvalue weighted by atomic mass is 10.2. The maximum Gasteiger partial charge on any atom is 0.261 e. The highest BCUT2D eigenvalue weighted by Gasteiger charge is 2.14. The molecule has 0 fully saturated rings. The van der Waals surface area contributed by atoms with Gasteiger partial charge < -0.3 is 14.8 Å². The first-order valence-electron chi connectivity index (χ1n) is 8.00. The molecule has 1 amide bonds. The molecule has 2 aromatic rings. The van der Waals surface area contributed by atoms with Crippen LogP contribution in [0.2, 0.25) is 0 Å². The third-order valence-corrected chi connectivity index (χ3v) is 4.98. The van der Waals surface area contributed by atoms with E-state index >= 15 is 0 Å². The molecular weight excluding hydrogens is 356 g/mol. The molecule has 7 nitrogen and oxygen atoms in total. The SMILES string of the molecule is COCCCNC(=O)c1ccc(NS(=O)(=O)c2ccc(OC)cc2)cc1. The van der Waals surface area contributed by atoms with Crippen LogP contribution >= 0.6 is 0 Å². The van der Waals surface area contributed by atoms with Gasteiger partial charge in [-0.05, 0) is 55.0 Å². The van der Waals surface area contributed by atoms with Crippen molar-refractivity contribution in [1.29, 1.82) is 0 Å². The molecule has 0 saturated carbocycles. The smallest absolute Gasteiger partial charge is 0.261 e. The maximum absolute atomic E-state index is 12.4. The summed E-state index contributed by atoms with van der Waals surface area (Å²) in [5.74, 6) is 0.357. The topological polar surface area (TPSA) is 93.7 Å². The Morgan fingerprint density at radius 1 is 1.00 bits per heavy atom. The molecule has 0 radical (unpaired) electrons. The fourth-order valence-corrected chi connectivity index (χ4v) is 3.24. The number of benzene rings is 2. The molecule has 0 heterocycles. The Balaban J connectivity index is 2.00. The first kappa shape index (κ1) is 19.7. The second kappa shape index (κ2) is 9.21. The van der Waals surface area contributed by atoms with Crippen LogP contribution in [0.3, 0.4) is 0 Å². The first-order chi connectivity index (χ1) is 12.5.